The third kappa shape index (κ3) is 5.33. The van der Waals surface area contributed by atoms with Gasteiger partial charge in [-0.05, 0) is 50.2 Å². The molecule has 0 saturated carbocycles. The number of rotatable bonds is 6. The highest BCUT2D eigenvalue weighted by atomic mass is 79.9. The topological polar surface area (TPSA) is 41.1 Å². The largest absolute Gasteiger partial charge is 0.352 e. The van der Waals surface area contributed by atoms with Gasteiger partial charge in [-0.25, -0.2) is 0 Å². The second kappa shape index (κ2) is 7.45. The maximum Gasteiger partial charge on any atom is 0.220 e. The Morgan fingerprint density at radius 3 is 2.88 bits per heavy atom. The molecule has 0 atom stereocenters. The predicted molar refractivity (Wildman–Crippen MR) is 73.9 cm³/mol. The Labute approximate surface area is 111 Å². The van der Waals surface area contributed by atoms with Crippen LogP contribution in [0.1, 0.15) is 24.0 Å². The van der Waals surface area contributed by atoms with Gasteiger partial charge < -0.3 is 10.6 Å². The van der Waals surface area contributed by atoms with E-state index in [4.69, 9.17) is 0 Å². The number of halogens is 1. The summed E-state index contributed by atoms with van der Waals surface area (Å²) in [7, 11) is 1.89. The maximum absolute atomic E-state index is 11.5. The molecule has 94 valence electrons. The van der Waals surface area contributed by atoms with Crippen LogP contribution in [0.25, 0.3) is 0 Å². The van der Waals surface area contributed by atoms with Crippen LogP contribution >= 0.6 is 15.9 Å². The van der Waals surface area contributed by atoms with E-state index in [1.54, 1.807) is 0 Å². The highest BCUT2D eigenvalue weighted by Gasteiger charge is 2.03. The lowest BCUT2D eigenvalue weighted by atomic mass is 10.1. The minimum absolute atomic E-state index is 0.111. The molecule has 0 saturated heterocycles. The summed E-state index contributed by atoms with van der Waals surface area (Å²) in [6, 6.07) is 6.10. The number of hydrogen-bond donors (Lipinski definition) is 2. The number of carbonyl (C=O) groups excluding carboxylic acids is 1. The number of hydrogen-bond acceptors (Lipinski definition) is 2. The van der Waals surface area contributed by atoms with Crippen LogP contribution in [0.5, 0.6) is 0 Å². The molecular weight excluding hydrogens is 280 g/mol. The van der Waals surface area contributed by atoms with Crippen LogP contribution in [0, 0.1) is 6.92 Å². The predicted octanol–water partition coefficient (Wildman–Crippen LogP) is 2.37. The van der Waals surface area contributed by atoms with Gasteiger partial charge in [0.1, 0.15) is 0 Å². The highest BCUT2D eigenvalue weighted by molar-refractivity contribution is 9.10. The van der Waals surface area contributed by atoms with Crippen molar-refractivity contribution in [1.29, 1.82) is 0 Å². The lowest BCUT2D eigenvalue weighted by Crippen LogP contribution is -2.24. The molecule has 4 heteroatoms. The number of nitrogens with one attached hydrogen (secondary N) is 2. The zero-order valence-electron chi connectivity index (χ0n) is 10.3. The lowest BCUT2D eigenvalue weighted by molar-refractivity contribution is -0.121. The van der Waals surface area contributed by atoms with Gasteiger partial charge in [-0.15, -0.1) is 0 Å². The monoisotopic (exact) mass is 298 g/mol. The van der Waals surface area contributed by atoms with Crippen LogP contribution in [-0.4, -0.2) is 19.5 Å². The Morgan fingerprint density at radius 2 is 2.18 bits per heavy atom. The molecule has 1 aromatic rings. The molecule has 0 bridgehead atoms. The van der Waals surface area contributed by atoms with Crippen molar-refractivity contribution in [3.05, 3.63) is 33.8 Å². The van der Waals surface area contributed by atoms with Crippen LogP contribution in [0.3, 0.4) is 0 Å². The van der Waals surface area contributed by atoms with Gasteiger partial charge in [-0.3, -0.25) is 4.79 Å². The average Bonchev–Trinajstić information content (AvgIpc) is 2.31. The average molecular weight is 299 g/mol. The standard InChI is InChI=1S/C13H19BrN2O/c1-10-5-6-12(14)8-11(10)9-16-13(17)4-3-7-15-2/h5-6,8,15H,3-4,7,9H2,1-2H3,(H,16,17). The number of carbonyl (C=O) groups is 1. The van der Waals surface area contributed by atoms with Crippen molar-refractivity contribution in [3.8, 4) is 0 Å². The lowest BCUT2D eigenvalue weighted by Gasteiger charge is -2.08. The first kappa shape index (κ1) is 14.2. The van der Waals surface area contributed by atoms with Crippen molar-refractivity contribution in [1.82, 2.24) is 10.6 Å². The van der Waals surface area contributed by atoms with Crippen molar-refractivity contribution in [2.24, 2.45) is 0 Å². The normalized spacial score (nSPS) is 10.3. The summed E-state index contributed by atoms with van der Waals surface area (Å²) in [6.45, 7) is 3.53. The molecular formula is C13H19BrN2O. The van der Waals surface area contributed by atoms with E-state index in [0.29, 0.717) is 13.0 Å². The molecule has 2 N–H and O–H groups in total. The van der Waals surface area contributed by atoms with E-state index in [9.17, 15) is 4.79 Å². The summed E-state index contributed by atoms with van der Waals surface area (Å²) in [5, 5.41) is 5.97. The molecule has 1 rings (SSSR count). The molecule has 1 aromatic carbocycles. The molecule has 0 aliphatic heterocycles. The van der Waals surface area contributed by atoms with Crippen LogP contribution in [0.2, 0.25) is 0 Å². The Morgan fingerprint density at radius 1 is 1.41 bits per heavy atom. The minimum Gasteiger partial charge on any atom is -0.352 e. The highest BCUT2D eigenvalue weighted by Crippen LogP contribution is 2.15. The molecule has 0 unspecified atom stereocenters. The number of benzene rings is 1. The van der Waals surface area contributed by atoms with Gasteiger partial charge in [0.15, 0.2) is 0 Å². The van der Waals surface area contributed by atoms with Gasteiger partial charge >= 0.3 is 0 Å². The van der Waals surface area contributed by atoms with Gasteiger partial charge in [0.25, 0.3) is 0 Å². The van der Waals surface area contributed by atoms with Crippen LogP contribution in [-0.2, 0) is 11.3 Å². The maximum atomic E-state index is 11.5. The minimum atomic E-state index is 0.111. The molecule has 0 aliphatic rings. The summed E-state index contributed by atoms with van der Waals surface area (Å²) < 4.78 is 1.04. The van der Waals surface area contributed by atoms with E-state index >= 15 is 0 Å². The number of aryl methyl sites for hydroxylation is 1. The first-order valence-corrected chi connectivity index (χ1v) is 6.59. The third-order valence-corrected chi connectivity index (χ3v) is 3.11. The second-order valence-corrected chi connectivity index (χ2v) is 4.97. The van der Waals surface area contributed by atoms with E-state index in [-0.39, 0.29) is 5.91 Å². The Balaban J connectivity index is 2.39. The van der Waals surface area contributed by atoms with Gasteiger partial charge in [-0.1, -0.05) is 22.0 Å². The van der Waals surface area contributed by atoms with Crippen molar-refractivity contribution in [3.63, 3.8) is 0 Å². The zero-order valence-corrected chi connectivity index (χ0v) is 11.9. The molecule has 0 spiro atoms. The molecule has 0 heterocycles. The zero-order chi connectivity index (χ0) is 12.7. The van der Waals surface area contributed by atoms with Crippen LogP contribution in [0.4, 0.5) is 0 Å². The van der Waals surface area contributed by atoms with E-state index in [1.165, 1.54) is 5.56 Å². The van der Waals surface area contributed by atoms with Crippen LogP contribution in [0.15, 0.2) is 22.7 Å². The van der Waals surface area contributed by atoms with Crippen molar-refractivity contribution in [2.75, 3.05) is 13.6 Å². The fraction of sp³-hybridized carbons (Fsp3) is 0.462. The Hall–Kier alpha value is -0.870. The van der Waals surface area contributed by atoms with Gasteiger partial charge in [0, 0.05) is 17.4 Å². The van der Waals surface area contributed by atoms with Crippen molar-refractivity contribution in [2.45, 2.75) is 26.3 Å². The van der Waals surface area contributed by atoms with Crippen molar-refractivity contribution >= 4 is 21.8 Å². The summed E-state index contributed by atoms with van der Waals surface area (Å²) in [5.41, 5.74) is 2.35. The summed E-state index contributed by atoms with van der Waals surface area (Å²) in [5.74, 6) is 0.111. The van der Waals surface area contributed by atoms with E-state index < -0.39 is 0 Å². The molecule has 3 nitrogen and oxygen atoms in total. The summed E-state index contributed by atoms with van der Waals surface area (Å²) in [6.07, 6.45) is 1.45. The van der Waals surface area contributed by atoms with Gasteiger partial charge in [0.2, 0.25) is 5.91 Å². The van der Waals surface area contributed by atoms with E-state index in [1.807, 2.05) is 25.2 Å². The van der Waals surface area contributed by atoms with Crippen molar-refractivity contribution < 1.29 is 4.79 Å². The number of amides is 1. The summed E-state index contributed by atoms with van der Waals surface area (Å²) >= 11 is 3.43. The van der Waals surface area contributed by atoms with E-state index in [0.717, 1.165) is 23.0 Å². The quantitative estimate of drug-likeness (QED) is 0.792. The fourth-order valence-electron chi connectivity index (χ4n) is 1.54. The van der Waals surface area contributed by atoms with E-state index in [2.05, 4.69) is 33.5 Å². The molecule has 0 radical (unpaired) electrons. The first-order chi connectivity index (χ1) is 8.13. The molecule has 1 amide bonds. The SMILES string of the molecule is CNCCCC(=O)NCc1cc(Br)ccc1C. The molecule has 0 aliphatic carbocycles. The van der Waals surface area contributed by atoms with Gasteiger partial charge in [-0.2, -0.15) is 0 Å². The fourth-order valence-corrected chi connectivity index (χ4v) is 1.95. The Bertz CT molecular complexity index is 380. The third-order valence-electron chi connectivity index (χ3n) is 2.62. The van der Waals surface area contributed by atoms with Gasteiger partial charge in [0.05, 0.1) is 0 Å². The molecule has 17 heavy (non-hydrogen) atoms. The molecule has 0 aromatic heterocycles. The molecule has 0 fully saturated rings. The first-order valence-electron chi connectivity index (χ1n) is 5.80. The second-order valence-electron chi connectivity index (χ2n) is 4.05. The Kier molecular flexibility index (Phi) is 6.22. The summed E-state index contributed by atoms with van der Waals surface area (Å²) in [4.78, 5) is 11.5. The smallest absolute Gasteiger partial charge is 0.220 e. The van der Waals surface area contributed by atoms with Crippen LogP contribution < -0.4 is 10.6 Å².